The van der Waals surface area contributed by atoms with Crippen LogP contribution in [0.3, 0.4) is 0 Å². The van der Waals surface area contributed by atoms with Gasteiger partial charge in [-0.25, -0.2) is 4.98 Å². The van der Waals surface area contributed by atoms with Crippen LogP contribution >= 0.6 is 23.1 Å². The third-order valence-corrected chi connectivity index (χ3v) is 7.34. The number of thiophene rings is 1. The molecule has 0 bridgehead atoms. The third kappa shape index (κ3) is 4.29. The lowest BCUT2D eigenvalue weighted by Gasteiger charge is -2.09. The summed E-state index contributed by atoms with van der Waals surface area (Å²) in [5.41, 5.74) is 3.25. The Kier molecular flexibility index (Phi) is 5.74. The van der Waals surface area contributed by atoms with Crippen LogP contribution in [0.15, 0.2) is 56.6 Å². The van der Waals surface area contributed by atoms with Gasteiger partial charge in [0.05, 0.1) is 16.6 Å². The zero-order valence-electron chi connectivity index (χ0n) is 17.3. The Hall–Kier alpha value is -3.79. The van der Waals surface area contributed by atoms with E-state index in [0.717, 1.165) is 47.2 Å². The van der Waals surface area contributed by atoms with Gasteiger partial charge in [0, 0.05) is 11.0 Å². The van der Waals surface area contributed by atoms with E-state index in [0.29, 0.717) is 26.6 Å². The fourth-order valence-corrected chi connectivity index (χ4v) is 5.78. The highest BCUT2D eigenvalue weighted by Gasteiger charge is 2.23. The van der Waals surface area contributed by atoms with E-state index < -0.39 is 5.91 Å². The van der Waals surface area contributed by atoms with Gasteiger partial charge in [0.15, 0.2) is 10.2 Å². The Morgan fingerprint density at radius 3 is 2.88 bits per heavy atom. The summed E-state index contributed by atoms with van der Waals surface area (Å²) in [7, 11) is 0. The molecule has 5 rings (SSSR count). The van der Waals surface area contributed by atoms with Gasteiger partial charge in [0.25, 0.3) is 5.91 Å². The molecule has 0 saturated heterocycles. The number of aryl methyl sites for hydroxylation is 1. The lowest BCUT2D eigenvalue weighted by Crippen LogP contribution is -2.13. The molecule has 4 aromatic rings. The van der Waals surface area contributed by atoms with Crippen molar-refractivity contribution in [2.24, 2.45) is 0 Å². The molecule has 1 aliphatic carbocycles. The number of hydrogen-bond donors (Lipinski definition) is 2. The van der Waals surface area contributed by atoms with Crippen molar-refractivity contribution in [1.29, 1.82) is 10.5 Å². The molecule has 0 spiro atoms. The van der Waals surface area contributed by atoms with Crippen LogP contribution in [0.5, 0.6) is 0 Å². The van der Waals surface area contributed by atoms with Crippen LogP contribution in [-0.2, 0) is 17.6 Å². The zero-order valence-corrected chi connectivity index (χ0v) is 19.0. The first kappa shape index (κ1) is 21.1. The van der Waals surface area contributed by atoms with Gasteiger partial charge in [0.1, 0.15) is 28.5 Å². The number of imidazole rings is 1. The molecule has 0 unspecified atom stereocenters. The largest absolute Gasteiger partial charge is 0.450 e. The Balaban J connectivity index is 1.33. The number of carbonyl (C=O) groups excluding carboxylic acids is 1. The second-order valence-electron chi connectivity index (χ2n) is 7.47. The number of nitriles is 2. The molecule has 0 radical (unpaired) electrons. The van der Waals surface area contributed by atoms with Gasteiger partial charge in [-0.1, -0.05) is 12.1 Å². The summed E-state index contributed by atoms with van der Waals surface area (Å²) in [5.74, 6) is -0.179. The fraction of sp³-hybridized carbons (Fsp3) is 0.167. The molecule has 162 valence electrons. The highest BCUT2D eigenvalue weighted by molar-refractivity contribution is 7.99. The van der Waals surface area contributed by atoms with Crippen LogP contribution in [0, 0.1) is 22.7 Å². The highest BCUT2D eigenvalue weighted by atomic mass is 32.2. The van der Waals surface area contributed by atoms with Crippen molar-refractivity contribution >= 4 is 51.1 Å². The van der Waals surface area contributed by atoms with E-state index in [4.69, 9.17) is 4.42 Å². The number of anilines is 1. The fourth-order valence-electron chi connectivity index (χ4n) is 3.77. The van der Waals surface area contributed by atoms with Crippen molar-refractivity contribution in [3.8, 4) is 12.1 Å². The molecule has 0 aliphatic heterocycles. The number of H-pyrrole nitrogens is 1. The van der Waals surface area contributed by atoms with Crippen molar-refractivity contribution in [3.63, 3.8) is 0 Å². The maximum atomic E-state index is 12.8. The molecule has 2 N–H and O–H groups in total. The van der Waals surface area contributed by atoms with Crippen molar-refractivity contribution in [3.05, 3.63) is 63.7 Å². The Bertz CT molecular complexity index is 1450. The minimum absolute atomic E-state index is 0.0973. The Labute approximate surface area is 197 Å². The van der Waals surface area contributed by atoms with Crippen molar-refractivity contribution < 1.29 is 9.21 Å². The van der Waals surface area contributed by atoms with Gasteiger partial charge in [-0.2, -0.15) is 10.5 Å². The summed E-state index contributed by atoms with van der Waals surface area (Å²) in [6, 6.07) is 15.3. The molecular weight excluding hydrogens is 454 g/mol. The first-order valence-electron chi connectivity index (χ1n) is 10.3. The number of furan rings is 1. The summed E-state index contributed by atoms with van der Waals surface area (Å²) in [6.07, 6.45) is 5.30. The molecule has 3 heterocycles. The summed E-state index contributed by atoms with van der Waals surface area (Å²) in [5, 5.41) is 23.7. The van der Waals surface area contributed by atoms with Gasteiger partial charge >= 0.3 is 0 Å². The lowest BCUT2D eigenvalue weighted by molar-refractivity contribution is -0.112. The number of carbonyl (C=O) groups is 1. The van der Waals surface area contributed by atoms with Crippen LogP contribution in [-0.4, -0.2) is 15.9 Å². The molecule has 9 heteroatoms. The van der Waals surface area contributed by atoms with Crippen LogP contribution in [0.2, 0.25) is 0 Å². The van der Waals surface area contributed by atoms with E-state index in [1.807, 2.05) is 30.3 Å². The summed E-state index contributed by atoms with van der Waals surface area (Å²) < 4.78 is 5.77. The molecule has 1 amide bonds. The molecule has 0 saturated carbocycles. The standard InChI is InChI=1S/C24H17N5O2S2/c25-12-14(22(30)29-23-17(13-26)16-5-1-4-8-20(16)32-23)11-15-9-10-21(31-15)33-24-27-18-6-2-3-7-19(18)28-24/h2-3,6-7,9-11H,1,4-5,8H2,(H,27,28)(H,29,30)/b14-11+. The lowest BCUT2D eigenvalue weighted by atomic mass is 9.96. The number of nitrogens with one attached hydrogen (secondary N) is 2. The Morgan fingerprint density at radius 2 is 2.06 bits per heavy atom. The van der Waals surface area contributed by atoms with Crippen molar-refractivity contribution in [2.75, 3.05) is 5.32 Å². The normalized spacial score (nSPS) is 13.3. The monoisotopic (exact) mass is 471 g/mol. The summed E-state index contributed by atoms with van der Waals surface area (Å²) >= 11 is 2.75. The summed E-state index contributed by atoms with van der Waals surface area (Å²) in [6.45, 7) is 0. The molecule has 1 aromatic carbocycles. The molecule has 7 nitrogen and oxygen atoms in total. The van der Waals surface area contributed by atoms with Gasteiger partial charge in [0.2, 0.25) is 0 Å². The molecule has 3 aromatic heterocycles. The SMILES string of the molecule is N#C/C(=C\c1ccc(Sc2nc3ccccc3[nH]2)o1)C(=O)Nc1sc2c(c1C#N)CCCC2. The number of hydrogen-bond acceptors (Lipinski definition) is 7. The minimum Gasteiger partial charge on any atom is -0.450 e. The van der Waals surface area contributed by atoms with E-state index >= 15 is 0 Å². The van der Waals surface area contributed by atoms with Crippen LogP contribution < -0.4 is 5.32 Å². The van der Waals surface area contributed by atoms with E-state index in [2.05, 4.69) is 21.4 Å². The third-order valence-electron chi connectivity index (χ3n) is 5.33. The first-order valence-corrected chi connectivity index (χ1v) is 12.0. The van der Waals surface area contributed by atoms with Crippen LogP contribution in [0.25, 0.3) is 17.1 Å². The molecule has 0 fully saturated rings. The maximum Gasteiger partial charge on any atom is 0.267 e. The molecule has 1 aliphatic rings. The first-order chi connectivity index (χ1) is 16.1. The number of para-hydroxylation sites is 2. The average molecular weight is 472 g/mol. The predicted octanol–water partition coefficient (Wildman–Crippen LogP) is 5.66. The van der Waals surface area contributed by atoms with Crippen LogP contribution in [0.1, 0.15) is 34.6 Å². The average Bonchev–Trinajstić information content (AvgIpc) is 3.53. The highest BCUT2D eigenvalue weighted by Crippen LogP contribution is 2.38. The zero-order chi connectivity index (χ0) is 22.8. The number of benzene rings is 1. The molecule has 0 atom stereocenters. The number of aromatic amines is 1. The smallest absolute Gasteiger partial charge is 0.267 e. The van der Waals surface area contributed by atoms with Gasteiger partial charge in [-0.3, -0.25) is 4.79 Å². The van der Waals surface area contributed by atoms with E-state index in [-0.39, 0.29) is 5.57 Å². The summed E-state index contributed by atoms with van der Waals surface area (Å²) in [4.78, 5) is 21.6. The minimum atomic E-state index is -0.560. The van der Waals surface area contributed by atoms with Gasteiger partial charge in [-0.05, 0) is 67.3 Å². The van der Waals surface area contributed by atoms with E-state index in [1.165, 1.54) is 29.2 Å². The van der Waals surface area contributed by atoms with Crippen molar-refractivity contribution in [1.82, 2.24) is 9.97 Å². The van der Waals surface area contributed by atoms with Gasteiger partial charge in [-0.15, -0.1) is 11.3 Å². The topological polar surface area (TPSA) is 118 Å². The van der Waals surface area contributed by atoms with Crippen molar-refractivity contribution in [2.45, 2.75) is 35.9 Å². The quantitative estimate of drug-likeness (QED) is 0.286. The van der Waals surface area contributed by atoms with Gasteiger partial charge < -0.3 is 14.7 Å². The second-order valence-corrected chi connectivity index (χ2v) is 9.57. The number of rotatable bonds is 5. The van der Waals surface area contributed by atoms with E-state index in [9.17, 15) is 15.3 Å². The number of amides is 1. The molecular formula is C24H17N5O2S2. The maximum absolute atomic E-state index is 12.8. The Morgan fingerprint density at radius 1 is 1.21 bits per heavy atom. The predicted molar refractivity (Wildman–Crippen MR) is 127 cm³/mol. The second kappa shape index (κ2) is 8.99. The van der Waals surface area contributed by atoms with E-state index in [1.54, 1.807) is 12.1 Å². The molecule has 33 heavy (non-hydrogen) atoms. The van der Waals surface area contributed by atoms with Crippen LogP contribution in [0.4, 0.5) is 5.00 Å². The number of fused-ring (bicyclic) bond motifs is 2. The number of nitrogens with zero attached hydrogens (tertiary/aromatic N) is 3. The number of aromatic nitrogens is 2.